The van der Waals surface area contributed by atoms with Crippen molar-refractivity contribution in [1.29, 1.82) is 0 Å². The fourth-order valence-electron chi connectivity index (χ4n) is 3.96. The smallest absolute Gasteiger partial charge is 0.231 e. The molecule has 2 fully saturated rings. The van der Waals surface area contributed by atoms with Crippen LogP contribution in [0.15, 0.2) is 34.9 Å². The fourth-order valence-corrected chi connectivity index (χ4v) is 3.96. The Bertz CT molecular complexity index is 681. The topological polar surface area (TPSA) is 62.4 Å². The van der Waals surface area contributed by atoms with E-state index in [4.69, 9.17) is 4.52 Å². The molecule has 2 aliphatic rings. The second-order valence-corrected chi connectivity index (χ2v) is 7.69. The molecule has 2 heterocycles. The molecule has 1 saturated heterocycles. The Kier molecular flexibility index (Phi) is 4.86. The van der Waals surface area contributed by atoms with E-state index in [2.05, 4.69) is 45.4 Å². The Morgan fingerprint density at radius 1 is 1.20 bits per heavy atom. The first-order chi connectivity index (χ1) is 12.2. The SMILES string of the molecule is OC1(CCc2noc(C3CCCN(Cc4ccccc4)C3)n2)CCC1. The average Bonchev–Trinajstić information content (AvgIpc) is 3.09. The van der Waals surface area contributed by atoms with E-state index < -0.39 is 5.60 Å². The molecule has 0 spiro atoms. The fraction of sp³-hybridized carbons (Fsp3) is 0.600. The summed E-state index contributed by atoms with van der Waals surface area (Å²) in [6.07, 6.45) is 6.68. The Balaban J connectivity index is 1.33. The molecule has 0 bridgehead atoms. The van der Waals surface area contributed by atoms with Crippen LogP contribution in [0.3, 0.4) is 0 Å². The van der Waals surface area contributed by atoms with Gasteiger partial charge in [0, 0.05) is 19.5 Å². The number of hydrogen-bond donors (Lipinski definition) is 1. The molecular weight excluding hydrogens is 314 g/mol. The van der Waals surface area contributed by atoms with Crippen LogP contribution in [-0.4, -0.2) is 38.8 Å². The van der Waals surface area contributed by atoms with Gasteiger partial charge in [0.05, 0.1) is 11.5 Å². The normalized spacial score (nSPS) is 23.3. The molecule has 1 aromatic carbocycles. The van der Waals surface area contributed by atoms with Gasteiger partial charge in [-0.05, 0) is 50.6 Å². The molecule has 1 unspecified atom stereocenters. The van der Waals surface area contributed by atoms with E-state index in [0.717, 1.165) is 69.9 Å². The van der Waals surface area contributed by atoms with Crippen LogP contribution in [0.5, 0.6) is 0 Å². The third-order valence-electron chi connectivity index (χ3n) is 5.69. The molecule has 2 aromatic rings. The van der Waals surface area contributed by atoms with Crippen LogP contribution in [0.2, 0.25) is 0 Å². The lowest BCUT2D eigenvalue weighted by Crippen LogP contribution is -2.37. The third-order valence-corrected chi connectivity index (χ3v) is 5.69. The van der Waals surface area contributed by atoms with E-state index in [1.165, 1.54) is 5.56 Å². The molecule has 1 atom stereocenters. The maximum absolute atomic E-state index is 10.2. The van der Waals surface area contributed by atoms with E-state index >= 15 is 0 Å². The number of benzene rings is 1. The van der Waals surface area contributed by atoms with Gasteiger partial charge >= 0.3 is 0 Å². The van der Waals surface area contributed by atoms with Gasteiger partial charge in [0.2, 0.25) is 5.89 Å². The van der Waals surface area contributed by atoms with Crippen LogP contribution in [-0.2, 0) is 13.0 Å². The first kappa shape index (κ1) is 16.7. The summed E-state index contributed by atoms with van der Waals surface area (Å²) >= 11 is 0. The van der Waals surface area contributed by atoms with Crippen LogP contribution < -0.4 is 0 Å². The largest absolute Gasteiger partial charge is 0.390 e. The molecule has 0 amide bonds. The molecule has 0 radical (unpaired) electrons. The molecule has 25 heavy (non-hydrogen) atoms. The monoisotopic (exact) mass is 341 g/mol. The minimum absolute atomic E-state index is 0.325. The Hall–Kier alpha value is -1.72. The Labute approximate surface area is 149 Å². The molecule has 1 N–H and O–H groups in total. The molecule has 1 saturated carbocycles. The quantitative estimate of drug-likeness (QED) is 0.873. The van der Waals surface area contributed by atoms with Crippen molar-refractivity contribution in [1.82, 2.24) is 15.0 Å². The van der Waals surface area contributed by atoms with Gasteiger partial charge in [0.15, 0.2) is 5.82 Å². The maximum Gasteiger partial charge on any atom is 0.231 e. The van der Waals surface area contributed by atoms with Crippen molar-refractivity contribution < 1.29 is 9.63 Å². The van der Waals surface area contributed by atoms with Crippen molar-refractivity contribution >= 4 is 0 Å². The average molecular weight is 341 g/mol. The minimum atomic E-state index is -0.474. The lowest BCUT2D eigenvalue weighted by Gasteiger charge is -2.36. The van der Waals surface area contributed by atoms with E-state index in [-0.39, 0.29) is 0 Å². The predicted octanol–water partition coefficient (Wildman–Crippen LogP) is 3.30. The van der Waals surface area contributed by atoms with E-state index in [1.54, 1.807) is 0 Å². The second kappa shape index (κ2) is 7.26. The highest BCUT2D eigenvalue weighted by atomic mass is 16.5. The molecule has 5 heteroatoms. The Morgan fingerprint density at radius 2 is 2.04 bits per heavy atom. The summed E-state index contributed by atoms with van der Waals surface area (Å²) in [4.78, 5) is 7.10. The standard InChI is InChI=1S/C20H27N3O2/c24-20(10-5-11-20)12-9-18-21-19(25-22-18)17-8-4-13-23(15-17)14-16-6-2-1-3-7-16/h1-3,6-7,17,24H,4-5,8-15H2. The van der Waals surface area contributed by atoms with Crippen LogP contribution in [0.1, 0.15) is 61.7 Å². The van der Waals surface area contributed by atoms with Crippen molar-refractivity contribution in [3.05, 3.63) is 47.6 Å². The first-order valence-corrected chi connectivity index (χ1v) is 9.51. The Morgan fingerprint density at radius 3 is 2.80 bits per heavy atom. The highest BCUT2D eigenvalue weighted by Gasteiger charge is 2.34. The summed E-state index contributed by atoms with van der Waals surface area (Å²) in [5.41, 5.74) is 0.876. The lowest BCUT2D eigenvalue weighted by molar-refractivity contribution is -0.0402. The van der Waals surface area contributed by atoms with E-state index in [1.807, 2.05) is 0 Å². The van der Waals surface area contributed by atoms with Gasteiger partial charge in [-0.3, -0.25) is 4.90 Å². The number of rotatable bonds is 6. The zero-order valence-electron chi connectivity index (χ0n) is 14.7. The van der Waals surface area contributed by atoms with Crippen molar-refractivity contribution in [2.45, 2.75) is 63.0 Å². The number of hydrogen-bond acceptors (Lipinski definition) is 5. The number of nitrogens with zero attached hydrogens (tertiary/aromatic N) is 3. The molecular formula is C20H27N3O2. The first-order valence-electron chi connectivity index (χ1n) is 9.51. The zero-order chi connectivity index (χ0) is 17.1. The number of likely N-dealkylation sites (tertiary alicyclic amines) is 1. The molecule has 1 aliphatic heterocycles. The third kappa shape index (κ3) is 4.10. The molecule has 1 aliphatic carbocycles. The summed E-state index contributed by atoms with van der Waals surface area (Å²) in [5, 5.41) is 14.4. The number of aliphatic hydroxyl groups is 1. The van der Waals surface area contributed by atoms with Crippen LogP contribution in [0, 0.1) is 0 Å². The molecule has 5 nitrogen and oxygen atoms in total. The molecule has 134 valence electrons. The van der Waals surface area contributed by atoms with E-state index in [9.17, 15) is 5.11 Å². The van der Waals surface area contributed by atoms with Gasteiger partial charge in [0.1, 0.15) is 0 Å². The summed E-state index contributed by atoms with van der Waals surface area (Å²) < 4.78 is 5.55. The van der Waals surface area contributed by atoms with Crippen molar-refractivity contribution in [3.63, 3.8) is 0 Å². The number of piperidine rings is 1. The predicted molar refractivity (Wildman–Crippen MR) is 95.1 cm³/mol. The number of aromatic nitrogens is 2. The number of aryl methyl sites for hydroxylation is 1. The van der Waals surface area contributed by atoms with Gasteiger partial charge in [-0.1, -0.05) is 35.5 Å². The highest BCUT2D eigenvalue weighted by Crippen LogP contribution is 2.35. The van der Waals surface area contributed by atoms with E-state index in [0.29, 0.717) is 12.3 Å². The second-order valence-electron chi connectivity index (χ2n) is 7.69. The van der Waals surface area contributed by atoms with Gasteiger partial charge in [-0.25, -0.2) is 0 Å². The van der Waals surface area contributed by atoms with Crippen molar-refractivity contribution in [3.8, 4) is 0 Å². The summed E-state index contributed by atoms with van der Waals surface area (Å²) in [6.45, 7) is 3.07. The summed E-state index contributed by atoms with van der Waals surface area (Å²) in [6, 6.07) is 10.6. The van der Waals surface area contributed by atoms with Gasteiger partial charge in [0.25, 0.3) is 0 Å². The highest BCUT2D eigenvalue weighted by molar-refractivity contribution is 5.14. The van der Waals surface area contributed by atoms with Crippen molar-refractivity contribution in [2.24, 2.45) is 0 Å². The van der Waals surface area contributed by atoms with Crippen LogP contribution >= 0.6 is 0 Å². The van der Waals surface area contributed by atoms with Crippen molar-refractivity contribution in [2.75, 3.05) is 13.1 Å². The van der Waals surface area contributed by atoms with Gasteiger partial charge in [-0.2, -0.15) is 4.98 Å². The lowest BCUT2D eigenvalue weighted by atomic mass is 9.77. The summed E-state index contributed by atoms with van der Waals surface area (Å²) in [7, 11) is 0. The van der Waals surface area contributed by atoms with Crippen LogP contribution in [0.4, 0.5) is 0 Å². The summed E-state index contributed by atoms with van der Waals surface area (Å²) in [5.74, 6) is 1.84. The van der Waals surface area contributed by atoms with Crippen LogP contribution in [0.25, 0.3) is 0 Å². The molecule has 1 aromatic heterocycles. The maximum atomic E-state index is 10.2. The zero-order valence-corrected chi connectivity index (χ0v) is 14.7. The minimum Gasteiger partial charge on any atom is -0.390 e. The van der Waals surface area contributed by atoms with Gasteiger partial charge < -0.3 is 9.63 Å². The molecule has 4 rings (SSSR count). The van der Waals surface area contributed by atoms with Gasteiger partial charge in [-0.15, -0.1) is 0 Å².